The molecule has 13 heavy (non-hydrogen) atoms. The third-order valence-electron chi connectivity index (χ3n) is 1.58. The molecule has 1 aromatic carbocycles. The maximum absolute atomic E-state index is 5.29. The predicted octanol–water partition coefficient (Wildman–Crippen LogP) is 2.39. The molecule has 0 spiro atoms. The molecule has 0 heterocycles. The van der Waals surface area contributed by atoms with Gasteiger partial charge in [0.05, 0.1) is 0 Å². The van der Waals surface area contributed by atoms with Gasteiger partial charge in [0.2, 0.25) is 0 Å². The van der Waals surface area contributed by atoms with E-state index in [1.54, 1.807) is 11.8 Å². The number of nitrogens with one attached hydrogen (secondary N) is 1. The van der Waals surface area contributed by atoms with Crippen LogP contribution in [0.1, 0.15) is 6.92 Å². The van der Waals surface area contributed by atoms with Crippen molar-refractivity contribution in [2.45, 2.75) is 17.9 Å². The molecule has 0 aromatic heterocycles. The van der Waals surface area contributed by atoms with E-state index >= 15 is 0 Å². The average molecular weight is 261 g/mol. The van der Waals surface area contributed by atoms with Gasteiger partial charge < -0.3 is 0 Å². The summed E-state index contributed by atoms with van der Waals surface area (Å²) < 4.78 is 1.12. The highest BCUT2D eigenvalue weighted by Gasteiger charge is 2.00. The minimum absolute atomic E-state index is 0.337. The minimum atomic E-state index is 0.337. The summed E-state index contributed by atoms with van der Waals surface area (Å²) in [5, 5.41) is 0. The lowest BCUT2D eigenvalue weighted by atomic mass is 10.4. The van der Waals surface area contributed by atoms with Crippen molar-refractivity contribution in [3.63, 3.8) is 0 Å². The molecule has 0 fully saturated rings. The van der Waals surface area contributed by atoms with Crippen LogP contribution in [0.2, 0.25) is 0 Å². The van der Waals surface area contributed by atoms with Crippen LogP contribution in [0, 0.1) is 0 Å². The number of halogens is 1. The maximum Gasteiger partial charge on any atom is 0.0276 e. The maximum atomic E-state index is 5.29. The van der Waals surface area contributed by atoms with Crippen LogP contribution < -0.4 is 11.3 Å². The molecule has 2 nitrogen and oxygen atoms in total. The van der Waals surface area contributed by atoms with Crippen molar-refractivity contribution in [2.24, 2.45) is 5.84 Å². The molecule has 0 saturated carbocycles. The first kappa shape index (κ1) is 11.0. The summed E-state index contributed by atoms with van der Waals surface area (Å²) in [5.74, 6) is 6.27. The number of thioether (sulfide) groups is 1. The Bertz CT molecular complexity index is 268. The first-order chi connectivity index (χ1) is 6.22. The standard InChI is InChI=1S/C9H13BrN2S/c1-7(12-11)6-13-9-4-2-3-8(10)5-9/h2-5,7,12H,6,11H2,1H3. The summed E-state index contributed by atoms with van der Waals surface area (Å²) >= 11 is 5.23. The fraction of sp³-hybridized carbons (Fsp3) is 0.333. The van der Waals surface area contributed by atoms with Gasteiger partial charge in [0.1, 0.15) is 0 Å². The zero-order chi connectivity index (χ0) is 9.68. The van der Waals surface area contributed by atoms with Gasteiger partial charge in [0, 0.05) is 21.2 Å². The Morgan fingerprint density at radius 1 is 1.62 bits per heavy atom. The van der Waals surface area contributed by atoms with E-state index in [1.807, 2.05) is 12.1 Å². The molecule has 0 saturated heterocycles. The molecule has 0 aliphatic heterocycles. The van der Waals surface area contributed by atoms with E-state index in [1.165, 1.54) is 4.90 Å². The number of hydrogen-bond acceptors (Lipinski definition) is 3. The summed E-state index contributed by atoms with van der Waals surface area (Å²) in [5.41, 5.74) is 2.72. The molecule has 0 aliphatic rings. The lowest BCUT2D eigenvalue weighted by Crippen LogP contribution is -2.34. The van der Waals surface area contributed by atoms with Gasteiger partial charge in [0.25, 0.3) is 0 Å². The van der Waals surface area contributed by atoms with Gasteiger partial charge in [0.15, 0.2) is 0 Å². The van der Waals surface area contributed by atoms with Crippen molar-refractivity contribution in [3.05, 3.63) is 28.7 Å². The second-order valence-corrected chi connectivity index (χ2v) is 4.85. The Labute approximate surface area is 91.4 Å². The van der Waals surface area contributed by atoms with Crippen molar-refractivity contribution in [3.8, 4) is 0 Å². The monoisotopic (exact) mass is 260 g/mol. The Hall–Kier alpha value is -0.0300. The fourth-order valence-electron chi connectivity index (χ4n) is 0.826. The van der Waals surface area contributed by atoms with Crippen LogP contribution in [0.5, 0.6) is 0 Å². The Morgan fingerprint density at radius 3 is 3.00 bits per heavy atom. The van der Waals surface area contributed by atoms with Crippen LogP contribution in [-0.2, 0) is 0 Å². The zero-order valence-corrected chi connectivity index (χ0v) is 9.86. The van der Waals surface area contributed by atoms with Crippen molar-refractivity contribution >= 4 is 27.7 Å². The third-order valence-corrected chi connectivity index (χ3v) is 3.33. The number of nitrogens with two attached hydrogens (primary N) is 1. The average Bonchev–Trinajstić information content (AvgIpc) is 2.14. The molecule has 1 atom stereocenters. The van der Waals surface area contributed by atoms with Gasteiger partial charge in [-0.2, -0.15) is 0 Å². The van der Waals surface area contributed by atoms with Gasteiger partial charge in [-0.1, -0.05) is 22.0 Å². The molecule has 1 aromatic rings. The summed E-state index contributed by atoms with van der Waals surface area (Å²) in [4.78, 5) is 1.26. The molecule has 1 unspecified atom stereocenters. The number of hydrazine groups is 1. The summed E-state index contributed by atoms with van der Waals surface area (Å²) in [6.45, 7) is 2.06. The molecular formula is C9H13BrN2S. The number of benzene rings is 1. The van der Waals surface area contributed by atoms with Gasteiger partial charge in [-0.05, 0) is 25.1 Å². The smallest absolute Gasteiger partial charge is 0.0276 e. The van der Waals surface area contributed by atoms with Crippen molar-refractivity contribution in [2.75, 3.05) is 5.75 Å². The number of hydrogen-bond donors (Lipinski definition) is 2. The predicted molar refractivity (Wildman–Crippen MR) is 61.7 cm³/mol. The van der Waals surface area contributed by atoms with E-state index in [0.717, 1.165) is 10.2 Å². The second kappa shape index (κ2) is 5.65. The normalized spacial score (nSPS) is 12.8. The lowest BCUT2D eigenvalue weighted by Gasteiger charge is -2.08. The van der Waals surface area contributed by atoms with Crippen LogP contribution in [-0.4, -0.2) is 11.8 Å². The molecule has 72 valence electrons. The van der Waals surface area contributed by atoms with Crippen LogP contribution >= 0.6 is 27.7 Å². The van der Waals surface area contributed by atoms with E-state index in [0.29, 0.717) is 6.04 Å². The minimum Gasteiger partial charge on any atom is -0.271 e. The molecule has 3 N–H and O–H groups in total. The SMILES string of the molecule is CC(CSc1cccc(Br)c1)NN. The highest BCUT2D eigenvalue weighted by atomic mass is 79.9. The molecule has 0 amide bonds. The summed E-state index contributed by atoms with van der Waals surface area (Å²) in [7, 11) is 0. The van der Waals surface area contributed by atoms with E-state index in [4.69, 9.17) is 5.84 Å². The van der Waals surface area contributed by atoms with Gasteiger partial charge >= 0.3 is 0 Å². The van der Waals surface area contributed by atoms with Gasteiger partial charge in [-0.25, -0.2) is 0 Å². The van der Waals surface area contributed by atoms with Crippen LogP contribution in [0.25, 0.3) is 0 Å². The van der Waals surface area contributed by atoms with Crippen molar-refractivity contribution in [1.29, 1.82) is 0 Å². The van der Waals surface area contributed by atoms with E-state index in [-0.39, 0.29) is 0 Å². The van der Waals surface area contributed by atoms with Crippen molar-refractivity contribution in [1.82, 2.24) is 5.43 Å². The highest BCUT2D eigenvalue weighted by Crippen LogP contribution is 2.22. The van der Waals surface area contributed by atoms with E-state index < -0.39 is 0 Å². The number of rotatable bonds is 4. The van der Waals surface area contributed by atoms with Gasteiger partial charge in [-0.15, -0.1) is 11.8 Å². The lowest BCUT2D eigenvalue weighted by molar-refractivity contribution is 0.625. The summed E-state index contributed by atoms with van der Waals surface area (Å²) in [6, 6.07) is 8.60. The zero-order valence-electron chi connectivity index (χ0n) is 7.46. The quantitative estimate of drug-likeness (QED) is 0.496. The Kier molecular flexibility index (Phi) is 4.80. The molecule has 4 heteroatoms. The highest BCUT2D eigenvalue weighted by molar-refractivity contribution is 9.10. The van der Waals surface area contributed by atoms with Crippen LogP contribution in [0.15, 0.2) is 33.6 Å². The van der Waals surface area contributed by atoms with E-state index in [9.17, 15) is 0 Å². The van der Waals surface area contributed by atoms with Crippen LogP contribution in [0.3, 0.4) is 0 Å². The first-order valence-electron chi connectivity index (χ1n) is 4.07. The Morgan fingerprint density at radius 2 is 2.38 bits per heavy atom. The fourth-order valence-corrected chi connectivity index (χ4v) is 2.30. The Balaban J connectivity index is 2.45. The van der Waals surface area contributed by atoms with Crippen molar-refractivity contribution < 1.29 is 0 Å². The molecule has 0 aliphatic carbocycles. The summed E-state index contributed by atoms with van der Waals surface area (Å²) in [6.07, 6.45) is 0. The molecule has 1 rings (SSSR count). The third kappa shape index (κ3) is 4.13. The topological polar surface area (TPSA) is 38.0 Å². The van der Waals surface area contributed by atoms with E-state index in [2.05, 4.69) is 40.4 Å². The molecular weight excluding hydrogens is 248 g/mol. The van der Waals surface area contributed by atoms with Crippen LogP contribution in [0.4, 0.5) is 0 Å². The molecule has 0 radical (unpaired) electrons. The second-order valence-electron chi connectivity index (χ2n) is 2.84. The molecule has 0 bridgehead atoms. The largest absolute Gasteiger partial charge is 0.271 e. The van der Waals surface area contributed by atoms with Gasteiger partial charge in [-0.3, -0.25) is 11.3 Å². The first-order valence-corrected chi connectivity index (χ1v) is 5.84.